The molecule has 0 aliphatic carbocycles. The topological polar surface area (TPSA) is 69.7 Å². The number of hydrogen-bond acceptors (Lipinski definition) is 5. The second-order valence-electron chi connectivity index (χ2n) is 6.63. The van der Waals surface area contributed by atoms with Crippen LogP contribution < -0.4 is 10.3 Å². The molecule has 2 aromatic rings. The Morgan fingerprint density at radius 3 is 2.50 bits per heavy atom. The number of halogens is 1. The van der Waals surface area contributed by atoms with E-state index in [4.69, 9.17) is 23.8 Å². The molecule has 0 saturated carbocycles. The van der Waals surface area contributed by atoms with Crippen molar-refractivity contribution >= 4 is 68.9 Å². The number of nitrogens with zero attached hydrogens (tertiary/aromatic N) is 2. The van der Waals surface area contributed by atoms with Gasteiger partial charge in [0.2, 0.25) is 0 Å². The van der Waals surface area contributed by atoms with E-state index in [1.807, 2.05) is 31.2 Å². The van der Waals surface area contributed by atoms with Crippen LogP contribution in [-0.2, 0) is 9.59 Å². The number of carbonyl (C=O) groups excluding carboxylic acids is 3. The lowest BCUT2D eigenvalue weighted by Crippen LogP contribution is -2.45. The van der Waals surface area contributed by atoms with Crippen molar-refractivity contribution in [3.63, 3.8) is 0 Å². The van der Waals surface area contributed by atoms with Gasteiger partial charge in [-0.25, -0.2) is 0 Å². The lowest BCUT2D eigenvalue weighted by Gasteiger charge is -2.16. The Morgan fingerprint density at radius 1 is 1.10 bits per heavy atom. The summed E-state index contributed by atoms with van der Waals surface area (Å²) in [4.78, 5) is 40.6. The minimum absolute atomic E-state index is 0.157. The van der Waals surface area contributed by atoms with Gasteiger partial charge in [-0.3, -0.25) is 19.8 Å². The molecular formula is C21H16ClN3O3S2. The number of anilines is 1. The van der Waals surface area contributed by atoms with Crippen LogP contribution >= 0.6 is 35.6 Å². The molecule has 2 aromatic carbocycles. The molecule has 4 rings (SSSR count). The fraction of sp³-hybridized carbons (Fsp3) is 0.143. The molecule has 3 amide bonds. The lowest BCUT2D eigenvalue weighted by molar-refractivity contribution is -0.124. The number of fused-ring (bicyclic) bond motifs is 1. The van der Waals surface area contributed by atoms with Gasteiger partial charge in [-0.15, -0.1) is 0 Å². The molecule has 9 heteroatoms. The third kappa shape index (κ3) is 3.51. The highest BCUT2D eigenvalue weighted by Gasteiger charge is 2.42. The van der Waals surface area contributed by atoms with Gasteiger partial charge in [0.25, 0.3) is 17.7 Å². The van der Waals surface area contributed by atoms with Crippen LogP contribution in [0, 0.1) is 0 Å². The zero-order valence-electron chi connectivity index (χ0n) is 15.8. The number of rotatable bonds is 4. The summed E-state index contributed by atoms with van der Waals surface area (Å²) >= 11 is 12.2. The van der Waals surface area contributed by atoms with Crippen LogP contribution in [0.15, 0.2) is 53.4 Å². The van der Waals surface area contributed by atoms with Crippen LogP contribution in [0.1, 0.15) is 29.3 Å². The predicted octanol–water partition coefficient (Wildman–Crippen LogP) is 4.01. The number of nitrogens with one attached hydrogen (secondary N) is 1. The van der Waals surface area contributed by atoms with Gasteiger partial charge in [0, 0.05) is 22.7 Å². The van der Waals surface area contributed by atoms with E-state index in [2.05, 4.69) is 5.43 Å². The Labute approximate surface area is 187 Å². The van der Waals surface area contributed by atoms with Crippen LogP contribution in [0.2, 0.25) is 5.02 Å². The SMILES string of the molecule is CCCN1C(=O)C(=C2SC(=S)N(NC(=O)c3ccc(Cl)cc3)C2=O)c2ccccc21. The van der Waals surface area contributed by atoms with E-state index in [1.54, 1.807) is 29.2 Å². The first-order chi connectivity index (χ1) is 14.4. The highest BCUT2D eigenvalue weighted by molar-refractivity contribution is 8.26. The molecular weight excluding hydrogens is 442 g/mol. The van der Waals surface area contributed by atoms with Crippen molar-refractivity contribution in [1.82, 2.24) is 10.4 Å². The monoisotopic (exact) mass is 457 g/mol. The van der Waals surface area contributed by atoms with E-state index in [1.165, 1.54) is 0 Å². The zero-order chi connectivity index (χ0) is 21.4. The summed E-state index contributed by atoms with van der Waals surface area (Å²) < 4.78 is 0.157. The Hall–Kier alpha value is -2.68. The van der Waals surface area contributed by atoms with Gasteiger partial charge in [0.1, 0.15) is 0 Å². The molecule has 2 aliphatic rings. The van der Waals surface area contributed by atoms with Crippen LogP contribution in [0.5, 0.6) is 0 Å². The second-order valence-corrected chi connectivity index (χ2v) is 8.72. The molecule has 0 bridgehead atoms. The Morgan fingerprint density at radius 2 is 1.80 bits per heavy atom. The van der Waals surface area contributed by atoms with Crippen molar-refractivity contribution in [2.24, 2.45) is 0 Å². The number of thiocarbonyl (C=S) groups is 1. The molecule has 0 atom stereocenters. The molecule has 0 radical (unpaired) electrons. The van der Waals surface area contributed by atoms with E-state index in [0.29, 0.717) is 28.3 Å². The molecule has 2 aliphatic heterocycles. The molecule has 152 valence electrons. The first kappa shape index (κ1) is 20.6. The van der Waals surface area contributed by atoms with E-state index in [-0.39, 0.29) is 15.1 Å². The predicted molar refractivity (Wildman–Crippen MR) is 122 cm³/mol. The zero-order valence-corrected chi connectivity index (χ0v) is 18.2. The van der Waals surface area contributed by atoms with Crippen molar-refractivity contribution < 1.29 is 14.4 Å². The van der Waals surface area contributed by atoms with Gasteiger partial charge in [-0.2, -0.15) is 5.01 Å². The fourth-order valence-electron chi connectivity index (χ4n) is 3.33. The molecule has 6 nitrogen and oxygen atoms in total. The second kappa shape index (κ2) is 8.22. The average Bonchev–Trinajstić information content (AvgIpc) is 3.16. The van der Waals surface area contributed by atoms with Crippen LogP contribution in [0.3, 0.4) is 0 Å². The molecule has 0 unspecified atom stereocenters. The number of carbonyl (C=O) groups is 3. The number of benzene rings is 2. The first-order valence-electron chi connectivity index (χ1n) is 9.20. The van der Waals surface area contributed by atoms with Gasteiger partial charge in [0.15, 0.2) is 4.32 Å². The summed E-state index contributed by atoms with van der Waals surface area (Å²) in [6.07, 6.45) is 0.783. The molecule has 0 spiro atoms. The highest BCUT2D eigenvalue weighted by Crippen LogP contribution is 2.44. The third-order valence-electron chi connectivity index (χ3n) is 4.69. The minimum atomic E-state index is -0.524. The normalized spacial score (nSPS) is 18.3. The first-order valence-corrected chi connectivity index (χ1v) is 10.8. The average molecular weight is 458 g/mol. The summed E-state index contributed by atoms with van der Waals surface area (Å²) in [5.74, 6) is -1.26. The minimum Gasteiger partial charge on any atom is -0.308 e. The number of amides is 3. The number of thioether (sulfide) groups is 1. The van der Waals surface area contributed by atoms with Crippen molar-refractivity contribution in [3.8, 4) is 0 Å². The van der Waals surface area contributed by atoms with E-state index in [9.17, 15) is 14.4 Å². The lowest BCUT2D eigenvalue weighted by atomic mass is 10.1. The van der Waals surface area contributed by atoms with Crippen molar-refractivity contribution in [3.05, 3.63) is 69.6 Å². The van der Waals surface area contributed by atoms with Gasteiger partial charge in [0.05, 0.1) is 16.2 Å². The molecule has 0 aromatic heterocycles. The number of hydrogen-bond donors (Lipinski definition) is 1. The summed E-state index contributed by atoms with van der Waals surface area (Å²) in [6, 6.07) is 13.6. The van der Waals surface area contributed by atoms with Crippen molar-refractivity contribution in [2.45, 2.75) is 13.3 Å². The summed E-state index contributed by atoms with van der Waals surface area (Å²) in [5.41, 5.74) is 4.64. The van der Waals surface area contributed by atoms with Gasteiger partial charge in [-0.05, 0) is 49.0 Å². The fourth-order valence-corrected chi connectivity index (χ4v) is 4.70. The standard InChI is InChI=1S/C21H16ClN3O3S2/c1-2-11-24-15-6-4-3-5-14(15)16(19(24)27)17-20(28)25(21(29)30-17)23-18(26)12-7-9-13(22)10-8-12/h3-10H,2,11H2,1H3,(H,23,26). The van der Waals surface area contributed by atoms with Crippen molar-refractivity contribution in [2.75, 3.05) is 11.4 Å². The maximum Gasteiger partial charge on any atom is 0.286 e. The van der Waals surface area contributed by atoms with E-state index >= 15 is 0 Å². The molecule has 2 heterocycles. The smallest absolute Gasteiger partial charge is 0.286 e. The number of hydrazine groups is 1. The van der Waals surface area contributed by atoms with Gasteiger partial charge >= 0.3 is 0 Å². The number of para-hydroxylation sites is 1. The van der Waals surface area contributed by atoms with Crippen LogP contribution in [0.25, 0.3) is 5.57 Å². The summed E-state index contributed by atoms with van der Waals surface area (Å²) in [7, 11) is 0. The van der Waals surface area contributed by atoms with Gasteiger partial charge in [-0.1, -0.05) is 48.5 Å². The van der Waals surface area contributed by atoms with Crippen LogP contribution in [-0.4, -0.2) is 33.6 Å². The quantitative estimate of drug-likeness (QED) is 0.555. The van der Waals surface area contributed by atoms with Crippen LogP contribution in [0.4, 0.5) is 5.69 Å². The molecule has 30 heavy (non-hydrogen) atoms. The Balaban J connectivity index is 1.67. The Kier molecular flexibility index (Phi) is 5.64. The summed E-state index contributed by atoms with van der Waals surface area (Å²) in [5, 5.41) is 1.51. The maximum atomic E-state index is 13.1. The van der Waals surface area contributed by atoms with Gasteiger partial charge < -0.3 is 4.90 Å². The maximum absolute atomic E-state index is 13.1. The Bertz CT molecular complexity index is 1110. The third-order valence-corrected chi connectivity index (χ3v) is 6.31. The summed E-state index contributed by atoms with van der Waals surface area (Å²) in [6.45, 7) is 2.53. The molecule has 1 saturated heterocycles. The van der Waals surface area contributed by atoms with Crippen molar-refractivity contribution in [1.29, 1.82) is 0 Å². The highest BCUT2D eigenvalue weighted by atomic mass is 35.5. The van der Waals surface area contributed by atoms with E-state index in [0.717, 1.165) is 28.9 Å². The largest absolute Gasteiger partial charge is 0.308 e. The molecule has 1 N–H and O–H groups in total. The molecule has 1 fully saturated rings. The van der Waals surface area contributed by atoms with E-state index < -0.39 is 11.8 Å².